The van der Waals surface area contributed by atoms with Crippen LogP contribution < -0.4 is 0 Å². The van der Waals surface area contributed by atoms with Gasteiger partial charge in [0.2, 0.25) is 0 Å². The molecule has 1 unspecified atom stereocenters. The summed E-state index contributed by atoms with van der Waals surface area (Å²) in [6.45, 7) is 4.33. The summed E-state index contributed by atoms with van der Waals surface area (Å²) in [5.74, 6) is 0.120. The fraction of sp³-hybridized carbons (Fsp3) is 0.429. The van der Waals surface area contributed by atoms with Gasteiger partial charge in [-0.3, -0.25) is 14.7 Å². The number of benzene rings is 1. The normalized spacial score (nSPS) is 22.3. The second kappa shape index (κ2) is 7.98. The topological polar surface area (TPSA) is 45.7 Å². The van der Waals surface area contributed by atoms with Gasteiger partial charge in [0.05, 0.1) is 12.7 Å². The van der Waals surface area contributed by atoms with Crippen molar-refractivity contribution in [3.05, 3.63) is 66.0 Å². The molecule has 0 spiro atoms. The average molecular weight is 351 g/mol. The van der Waals surface area contributed by atoms with Gasteiger partial charge in [0.15, 0.2) is 0 Å². The molecule has 0 saturated carbocycles. The van der Waals surface area contributed by atoms with Gasteiger partial charge in [0.25, 0.3) is 5.91 Å². The predicted molar refractivity (Wildman–Crippen MR) is 99.9 cm³/mol. The molecule has 136 valence electrons. The third-order valence-corrected chi connectivity index (χ3v) is 5.46. The maximum atomic E-state index is 12.6. The van der Waals surface area contributed by atoms with E-state index in [1.807, 2.05) is 11.0 Å². The van der Waals surface area contributed by atoms with Crippen LogP contribution in [0.4, 0.5) is 0 Å². The summed E-state index contributed by atoms with van der Waals surface area (Å²) in [5.41, 5.74) is 1.98. The van der Waals surface area contributed by atoms with Gasteiger partial charge in [-0.1, -0.05) is 30.3 Å². The molecule has 0 radical (unpaired) electrons. The number of likely N-dealkylation sites (tertiary alicyclic amines) is 1. The van der Waals surface area contributed by atoms with Crippen LogP contribution in [0.2, 0.25) is 0 Å². The van der Waals surface area contributed by atoms with E-state index in [4.69, 9.17) is 4.74 Å². The summed E-state index contributed by atoms with van der Waals surface area (Å²) in [6.07, 6.45) is 5.56. The highest BCUT2D eigenvalue weighted by atomic mass is 16.5. The van der Waals surface area contributed by atoms with Crippen molar-refractivity contribution in [1.82, 2.24) is 14.8 Å². The highest BCUT2D eigenvalue weighted by Crippen LogP contribution is 2.26. The number of carbonyl (C=O) groups is 1. The van der Waals surface area contributed by atoms with Crippen molar-refractivity contribution in [3.8, 4) is 0 Å². The number of hydrogen-bond donors (Lipinski definition) is 0. The minimum atomic E-state index is 0.120. The van der Waals surface area contributed by atoms with Gasteiger partial charge in [-0.2, -0.15) is 0 Å². The Kier molecular flexibility index (Phi) is 5.27. The number of aromatic nitrogens is 1. The molecule has 2 aliphatic heterocycles. The molecule has 5 heteroatoms. The van der Waals surface area contributed by atoms with Gasteiger partial charge in [0.1, 0.15) is 0 Å². The first kappa shape index (κ1) is 17.2. The van der Waals surface area contributed by atoms with E-state index >= 15 is 0 Å². The maximum Gasteiger partial charge on any atom is 0.253 e. The zero-order valence-electron chi connectivity index (χ0n) is 15.0. The summed E-state index contributed by atoms with van der Waals surface area (Å²) < 4.78 is 5.99. The Labute approximate surface area is 154 Å². The van der Waals surface area contributed by atoms with Crippen molar-refractivity contribution in [2.24, 2.45) is 0 Å². The highest BCUT2D eigenvalue weighted by Gasteiger charge is 2.31. The molecule has 1 aromatic heterocycles. The molecule has 2 aliphatic rings. The lowest BCUT2D eigenvalue weighted by atomic mass is 10.00. The second-order valence-electron chi connectivity index (χ2n) is 7.02. The Bertz CT molecular complexity index is 715. The monoisotopic (exact) mass is 351 g/mol. The standard InChI is InChI=1S/C21H25N3O2/c25-21(18-6-10-22-11-7-18)23-12-8-19(9-13-23)24-14-15-26-20(16-24)17-4-2-1-3-5-17/h1-7,10-11,19-20H,8-9,12-16H2. The van der Waals surface area contributed by atoms with Crippen LogP contribution in [0.15, 0.2) is 54.9 Å². The third kappa shape index (κ3) is 3.79. The number of nitrogens with zero attached hydrogens (tertiary/aromatic N) is 3. The number of hydrogen-bond acceptors (Lipinski definition) is 4. The SMILES string of the molecule is O=C(c1ccncc1)N1CCC(N2CCOC(c3ccccc3)C2)CC1. The number of ether oxygens (including phenoxy) is 1. The van der Waals surface area contributed by atoms with Crippen molar-refractivity contribution in [2.75, 3.05) is 32.8 Å². The number of piperidine rings is 1. The molecule has 4 rings (SSSR count). The Morgan fingerprint density at radius 2 is 1.73 bits per heavy atom. The number of morpholine rings is 1. The van der Waals surface area contributed by atoms with Crippen LogP contribution in [0.25, 0.3) is 0 Å². The second-order valence-corrected chi connectivity index (χ2v) is 7.02. The first-order chi connectivity index (χ1) is 12.8. The Hall–Kier alpha value is -2.24. The molecule has 2 saturated heterocycles. The molecular weight excluding hydrogens is 326 g/mol. The van der Waals surface area contributed by atoms with Crippen LogP contribution in [-0.4, -0.2) is 59.5 Å². The van der Waals surface area contributed by atoms with Crippen molar-refractivity contribution >= 4 is 5.91 Å². The Morgan fingerprint density at radius 1 is 1.00 bits per heavy atom. The summed E-state index contributed by atoms with van der Waals surface area (Å²) in [7, 11) is 0. The lowest BCUT2D eigenvalue weighted by Gasteiger charge is -2.42. The zero-order valence-corrected chi connectivity index (χ0v) is 15.0. The van der Waals surface area contributed by atoms with Crippen LogP contribution in [0.3, 0.4) is 0 Å². The van der Waals surface area contributed by atoms with Crippen LogP contribution in [0.1, 0.15) is 34.9 Å². The zero-order chi connectivity index (χ0) is 17.8. The molecule has 5 nitrogen and oxygen atoms in total. The maximum absolute atomic E-state index is 12.6. The van der Waals surface area contributed by atoms with Crippen LogP contribution in [0.5, 0.6) is 0 Å². The molecule has 2 fully saturated rings. The van der Waals surface area contributed by atoms with E-state index in [1.165, 1.54) is 5.56 Å². The third-order valence-electron chi connectivity index (χ3n) is 5.46. The number of rotatable bonds is 3. The van der Waals surface area contributed by atoms with E-state index in [0.717, 1.165) is 51.2 Å². The first-order valence-electron chi connectivity index (χ1n) is 9.41. The molecule has 0 bridgehead atoms. The fourth-order valence-electron chi connectivity index (χ4n) is 3.98. The minimum Gasteiger partial charge on any atom is -0.371 e. The predicted octanol–water partition coefficient (Wildman–Crippen LogP) is 2.76. The molecule has 26 heavy (non-hydrogen) atoms. The first-order valence-corrected chi connectivity index (χ1v) is 9.41. The summed E-state index contributed by atoms with van der Waals surface area (Å²) >= 11 is 0. The number of pyridine rings is 1. The molecule has 1 atom stereocenters. The van der Waals surface area contributed by atoms with Gasteiger partial charge in [-0.15, -0.1) is 0 Å². The number of amides is 1. The van der Waals surface area contributed by atoms with Crippen LogP contribution in [0, 0.1) is 0 Å². The quantitative estimate of drug-likeness (QED) is 0.853. The molecular formula is C21H25N3O2. The van der Waals surface area contributed by atoms with Crippen LogP contribution in [-0.2, 0) is 4.74 Å². The van der Waals surface area contributed by atoms with Gasteiger partial charge in [-0.05, 0) is 30.5 Å². The van der Waals surface area contributed by atoms with Crippen molar-refractivity contribution < 1.29 is 9.53 Å². The van der Waals surface area contributed by atoms with E-state index in [2.05, 4.69) is 34.1 Å². The van der Waals surface area contributed by atoms with E-state index < -0.39 is 0 Å². The van der Waals surface area contributed by atoms with Gasteiger partial charge < -0.3 is 9.64 Å². The number of carbonyl (C=O) groups excluding carboxylic acids is 1. The van der Waals surface area contributed by atoms with Gasteiger partial charge >= 0.3 is 0 Å². The molecule has 2 aromatic rings. The fourth-order valence-corrected chi connectivity index (χ4v) is 3.98. The lowest BCUT2D eigenvalue weighted by molar-refractivity contribution is -0.0525. The molecule has 0 N–H and O–H groups in total. The molecule has 3 heterocycles. The van der Waals surface area contributed by atoms with E-state index in [9.17, 15) is 4.79 Å². The lowest BCUT2D eigenvalue weighted by Crippen LogP contribution is -2.50. The van der Waals surface area contributed by atoms with E-state index in [1.54, 1.807) is 24.5 Å². The van der Waals surface area contributed by atoms with Crippen molar-refractivity contribution in [1.29, 1.82) is 0 Å². The highest BCUT2D eigenvalue weighted by molar-refractivity contribution is 5.94. The molecule has 1 aromatic carbocycles. The van der Waals surface area contributed by atoms with E-state index in [0.29, 0.717) is 6.04 Å². The Balaban J connectivity index is 1.34. The summed E-state index contributed by atoms with van der Waals surface area (Å²) in [5, 5.41) is 0. The van der Waals surface area contributed by atoms with Gasteiger partial charge in [0, 0.05) is 50.2 Å². The molecule has 1 amide bonds. The molecule has 0 aliphatic carbocycles. The summed E-state index contributed by atoms with van der Waals surface area (Å²) in [6, 6.07) is 14.6. The van der Waals surface area contributed by atoms with Gasteiger partial charge in [-0.25, -0.2) is 0 Å². The largest absolute Gasteiger partial charge is 0.371 e. The van der Waals surface area contributed by atoms with Crippen molar-refractivity contribution in [2.45, 2.75) is 25.0 Å². The summed E-state index contributed by atoms with van der Waals surface area (Å²) in [4.78, 5) is 21.1. The van der Waals surface area contributed by atoms with Crippen LogP contribution >= 0.6 is 0 Å². The minimum absolute atomic E-state index is 0.120. The van der Waals surface area contributed by atoms with E-state index in [-0.39, 0.29) is 12.0 Å². The average Bonchev–Trinajstić information content (AvgIpc) is 2.75. The smallest absolute Gasteiger partial charge is 0.253 e. The van der Waals surface area contributed by atoms with Crippen molar-refractivity contribution in [3.63, 3.8) is 0 Å². The Morgan fingerprint density at radius 3 is 2.46 bits per heavy atom.